The molecule has 0 saturated carbocycles. The van der Waals surface area contributed by atoms with Crippen molar-refractivity contribution in [2.24, 2.45) is 11.8 Å². The molecule has 3 heterocycles. The molecule has 172 valence electrons. The zero-order valence-electron chi connectivity index (χ0n) is 15.9. The molecule has 10 nitrogen and oxygen atoms in total. The maximum atomic E-state index is 13.3. The molecular formula is C16H22F2O10S2. The van der Waals surface area contributed by atoms with Crippen molar-refractivity contribution in [3.05, 3.63) is 0 Å². The van der Waals surface area contributed by atoms with Crippen LogP contribution in [0.4, 0.5) is 8.78 Å². The van der Waals surface area contributed by atoms with E-state index in [1.165, 1.54) is 11.8 Å². The molecule has 3 rings (SSSR count). The number of fused-ring (bicyclic) bond motifs is 1. The first-order valence-corrected chi connectivity index (χ1v) is 11.6. The second-order valence-corrected chi connectivity index (χ2v) is 10.3. The van der Waals surface area contributed by atoms with Gasteiger partial charge in [-0.1, -0.05) is 13.8 Å². The maximum absolute atomic E-state index is 13.3. The van der Waals surface area contributed by atoms with Crippen LogP contribution in [-0.2, 0) is 33.9 Å². The van der Waals surface area contributed by atoms with E-state index in [9.17, 15) is 31.9 Å². The molecule has 2 bridgehead atoms. The Balaban J connectivity index is 1.68. The van der Waals surface area contributed by atoms with E-state index in [4.69, 9.17) is 19.1 Å². The zero-order valence-corrected chi connectivity index (χ0v) is 17.6. The Bertz CT molecular complexity index is 815. The highest BCUT2D eigenvalue weighted by atomic mass is 32.2. The summed E-state index contributed by atoms with van der Waals surface area (Å²) in [6.45, 7) is 2.61. The van der Waals surface area contributed by atoms with Crippen LogP contribution < -0.4 is 0 Å². The number of carbonyl (C=O) groups is 2. The Morgan fingerprint density at radius 3 is 2.43 bits per heavy atom. The van der Waals surface area contributed by atoms with Crippen molar-refractivity contribution in [3.8, 4) is 0 Å². The van der Waals surface area contributed by atoms with Gasteiger partial charge in [-0.05, 0) is 12.8 Å². The van der Waals surface area contributed by atoms with Crippen molar-refractivity contribution in [2.75, 3.05) is 6.61 Å². The number of rotatable bonds is 9. The Hall–Kier alpha value is -1.06. The first-order valence-electron chi connectivity index (χ1n) is 9.20. The monoisotopic (exact) mass is 476 g/mol. The fourth-order valence-corrected chi connectivity index (χ4v) is 6.86. The summed E-state index contributed by atoms with van der Waals surface area (Å²) in [5.74, 6) is -3.00. The zero-order chi connectivity index (χ0) is 22.6. The van der Waals surface area contributed by atoms with Gasteiger partial charge in [0.05, 0.1) is 16.8 Å². The van der Waals surface area contributed by atoms with Gasteiger partial charge in [0.1, 0.15) is 18.8 Å². The van der Waals surface area contributed by atoms with Crippen molar-refractivity contribution in [3.63, 3.8) is 0 Å². The van der Waals surface area contributed by atoms with Crippen LogP contribution in [0.25, 0.3) is 0 Å². The van der Waals surface area contributed by atoms with Crippen molar-refractivity contribution in [1.29, 1.82) is 0 Å². The van der Waals surface area contributed by atoms with Gasteiger partial charge in [-0.3, -0.25) is 9.35 Å². The number of esters is 2. The number of carbonyl (C=O) groups excluding carboxylic acids is 2. The van der Waals surface area contributed by atoms with Crippen molar-refractivity contribution in [2.45, 2.75) is 66.5 Å². The Morgan fingerprint density at radius 2 is 1.90 bits per heavy atom. The maximum Gasteiger partial charge on any atom is 0.430 e. The van der Waals surface area contributed by atoms with Gasteiger partial charge in [0, 0.05) is 11.2 Å². The van der Waals surface area contributed by atoms with E-state index in [-0.39, 0.29) is 5.25 Å². The third kappa shape index (κ3) is 3.60. The highest BCUT2D eigenvalue weighted by Gasteiger charge is 2.71. The number of aliphatic hydroxyl groups excluding tert-OH is 1. The van der Waals surface area contributed by atoms with Crippen molar-refractivity contribution >= 4 is 33.8 Å². The summed E-state index contributed by atoms with van der Waals surface area (Å²) in [7, 11) is -6.02. The molecule has 0 aromatic heterocycles. The highest BCUT2D eigenvalue weighted by molar-refractivity contribution is 8.01. The topological polar surface area (TPSA) is 157 Å². The van der Waals surface area contributed by atoms with Crippen LogP contribution in [-0.4, -0.2) is 81.6 Å². The summed E-state index contributed by atoms with van der Waals surface area (Å²) >= 11 is 1.40. The van der Waals surface area contributed by atoms with Crippen LogP contribution in [0.15, 0.2) is 0 Å². The van der Waals surface area contributed by atoms with E-state index in [2.05, 4.69) is 4.74 Å². The van der Waals surface area contributed by atoms with Crippen LogP contribution in [0.3, 0.4) is 0 Å². The predicted molar refractivity (Wildman–Crippen MR) is 95.9 cm³/mol. The lowest BCUT2D eigenvalue weighted by Gasteiger charge is -2.40. The summed E-state index contributed by atoms with van der Waals surface area (Å²) in [6.07, 6.45) is -4.21. The molecule has 3 fully saturated rings. The van der Waals surface area contributed by atoms with E-state index in [0.717, 1.165) is 0 Å². The summed E-state index contributed by atoms with van der Waals surface area (Å²) in [5.41, 5.74) is -1.17. The van der Waals surface area contributed by atoms with E-state index >= 15 is 0 Å². The van der Waals surface area contributed by atoms with Gasteiger partial charge in [-0.2, -0.15) is 17.2 Å². The number of alkyl halides is 2. The lowest BCUT2D eigenvalue weighted by Crippen LogP contribution is -2.53. The lowest BCUT2D eigenvalue weighted by atomic mass is 9.67. The van der Waals surface area contributed by atoms with Crippen LogP contribution in [0.5, 0.6) is 0 Å². The van der Waals surface area contributed by atoms with Crippen LogP contribution >= 0.6 is 11.8 Å². The van der Waals surface area contributed by atoms with Gasteiger partial charge in [0.15, 0.2) is 0 Å². The first-order chi connectivity index (χ1) is 13.8. The predicted octanol–water partition coefficient (Wildman–Crippen LogP) is -0.0797. The molecule has 0 spiro atoms. The van der Waals surface area contributed by atoms with Crippen molar-refractivity contribution in [1.82, 2.24) is 0 Å². The molecule has 0 aliphatic carbocycles. The average molecular weight is 476 g/mol. The van der Waals surface area contributed by atoms with Gasteiger partial charge >= 0.3 is 27.3 Å². The van der Waals surface area contributed by atoms with E-state index in [1.54, 1.807) is 13.8 Å². The third-order valence-corrected chi connectivity index (χ3v) is 8.66. The minimum absolute atomic E-state index is 0.285. The molecule has 3 aliphatic rings. The molecule has 0 aromatic rings. The van der Waals surface area contributed by atoms with Gasteiger partial charge in [-0.25, -0.2) is 4.79 Å². The number of aliphatic hydroxyl groups is 2. The van der Waals surface area contributed by atoms with Crippen LogP contribution in [0.1, 0.15) is 26.7 Å². The molecule has 0 aromatic carbocycles. The van der Waals surface area contributed by atoms with Gasteiger partial charge in [-0.15, -0.1) is 11.8 Å². The third-order valence-electron chi connectivity index (χ3n) is 6.02. The minimum Gasteiger partial charge on any atom is -0.458 e. The minimum atomic E-state index is -6.02. The first kappa shape index (κ1) is 23.6. The smallest absolute Gasteiger partial charge is 0.430 e. The normalized spacial score (nSPS) is 34.2. The van der Waals surface area contributed by atoms with E-state index in [0.29, 0.717) is 12.8 Å². The quantitative estimate of drug-likeness (QED) is 0.232. The molecule has 14 heteroatoms. The summed E-state index contributed by atoms with van der Waals surface area (Å²) < 4.78 is 70.9. The van der Waals surface area contributed by atoms with Crippen LogP contribution in [0, 0.1) is 11.8 Å². The summed E-state index contributed by atoms with van der Waals surface area (Å²) in [5, 5.41) is 14.3. The average Bonchev–Trinajstić information content (AvgIpc) is 3.27. The van der Waals surface area contributed by atoms with Crippen molar-refractivity contribution < 1.29 is 55.8 Å². The molecule has 3 aliphatic heterocycles. The SMILES string of the molecule is CCC(O)(CC)C1C2SC3C(OC(=O)C31)C2OCC(=O)OC(O)C(F)(F)S(=O)(=O)O. The molecule has 0 radical (unpaired) electrons. The fourth-order valence-electron chi connectivity index (χ4n) is 4.39. The molecule has 3 saturated heterocycles. The number of ether oxygens (including phenoxy) is 3. The summed E-state index contributed by atoms with van der Waals surface area (Å²) in [6, 6.07) is 0. The molecule has 7 unspecified atom stereocenters. The van der Waals surface area contributed by atoms with E-state index in [1.807, 2.05) is 0 Å². The molecule has 3 N–H and O–H groups in total. The number of hydrogen-bond acceptors (Lipinski definition) is 10. The molecular weight excluding hydrogens is 454 g/mol. The highest BCUT2D eigenvalue weighted by Crippen LogP contribution is 2.62. The molecule has 7 atom stereocenters. The number of halogens is 2. The molecule has 30 heavy (non-hydrogen) atoms. The number of thioether (sulfide) groups is 1. The Morgan fingerprint density at radius 1 is 1.30 bits per heavy atom. The standard InChI is InChI=1S/C16H22F2O10S2/c1-3-15(22,4-2)8-7-11-10(28-13(7)20)9(12(8)29-11)26-5-6(19)27-14(21)16(17,18)30(23,24)25/h7-12,14,21-22H,3-5H2,1-2H3,(H,23,24,25). The van der Waals surface area contributed by atoms with Gasteiger partial charge in [0.2, 0.25) is 0 Å². The lowest BCUT2D eigenvalue weighted by molar-refractivity contribution is -0.210. The van der Waals surface area contributed by atoms with E-state index < -0.39 is 75.1 Å². The number of hydrogen-bond donors (Lipinski definition) is 3. The molecule has 0 amide bonds. The van der Waals surface area contributed by atoms with Gasteiger partial charge < -0.3 is 24.4 Å². The second kappa shape index (κ2) is 7.81. The Labute approximate surface area is 175 Å². The van der Waals surface area contributed by atoms with Gasteiger partial charge in [0.25, 0.3) is 6.29 Å². The fraction of sp³-hybridized carbons (Fsp3) is 0.875. The summed E-state index contributed by atoms with van der Waals surface area (Å²) in [4.78, 5) is 24.1. The van der Waals surface area contributed by atoms with Crippen LogP contribution in [0.2, 0.25) is 0 Å². The second-order valence-electron chi connectivity index (χ2n) is 7.48. The Kier molecular flexibility index (Phi) is 6.15. The largest absolute Gasteiger partial charge is 0.458 e.